The normalized spacial score (nSPS) is 17.4. The third-order valence-electron chi connectivity index (χ3n) is 10.7. The molecule has 0 amide bonds. The molecule has 0 spiro atoms. The Balaban J connectivity index is 0. The third-order valence-corrected chi connectivity index (χ3v) is 10.7. The molecule has 2 unspecified atom stereocenters. The number of aromatic amines is 2. The number of nitrogens with zero attached hydrogens (tertiary/aromatic N) is 2. The van der Waals surface area contributed by atoms with Crippen molar-refractivity contribution in [1.29, 1.82) is 0 Å². The van der Waals surface area contributed by atoms with E-state index in [1.54, 1.807) is 0 Å². The van der Waals surface area contributed by atoms with Gasteiger partial charge in [-0.05, 0) is 151 Å². The van der Waals surface area contributed by atoms with E-state index in [4.69, 9.17) is 0 Å². The van der Waals surface area contributed by atoms with Crippen LogP contribution >= 0.6 is 0 Å². The number of nitrogens with one attached hydrogen (secondary N) is 2. The van der Waals surface area contributed by atoms with Crippen molar-refractivity contribution < 1.29 is 1.43 Å². The van der Waals surface area contributed by atoms with Gasteiger partial charge in [0.1, 0.15) is 0 Å². The zero-order chi connectivity index (χ0) is 36.6. The molecule has 2 atom stereocenters. The average Bonchev–Trinajstić information content (AvgIpc) is 3.83. The van der Waals surface area contributed by atoms with E-state index in [2.05, 4.69) is 99.7 Å². The molecule has 6 rings (SSSR count). The number of hydrogen-bond donors (Lipinski definition) is 2. The monoisotopic (exact) mass is 679 g/mol. The Morgan fingerprint density at radius 3 is 1.16 bits per heavy atom. The van der Waals surface area contributed by atoms with Gasteiger partial charge in [-0.25, -0.2) is 0 Å². The van der Waals surface area contributed by atoms with Crippen LogP contribution in [0.2, 0.25) is 0 Å². The zero-order valence-corrected chi connectivity index (χ0v) is 34.4. The van der Waals surface area contributed by atoms with Crippen LogP contribution < -0.4 is 0 Å². The quantitative estimate of drug-likeness (QED) is 0.225. The van der Waals surface area contributed by atoms with Crippen molar-refractivity contribution in [2.24, 2.45) is 0 Å². The molecule has 4 heteroatoms. The molecule has 0 saturated carbocycles. The van der Waals surface area contributed by atoms with Gasteiger partial charge < -0.3 is 11.4 Å². The molecule has 282 valence electrons. The van der Waals surface area contributed by atoms with Crippen LogP contribution in [0.1, 0.15) is 161 Å². The number of hydrogen-bond acceptors (Lipinski definition) is 2. The van der Waals surface area contributed by atoms with Crippen molar-refractivity contribution in [3.8, 4) is 0 Å². The third kappa shape index (κ3) is 11.2. The van der Waals surface area contributed by atoms with E-state index in [1.165, 1.54) is 118 Å². The fourth-order valence-electron chi connectivity index (χ4n) is 7.26. The number of benzene rings is 2. The summed E-state index contributed by atoms with van der Waals surface area (Å²) in [5, 5.41) is 2.84. The van der Waals surface area contributed by atoms with Crippen molar-refractivity contribution in [3.05, 3.63) is 69.0 Å². The van der Waals surface area contributed by atoms with Crippen LogP contribution in [0.4, 0.5) is 0 Å². The van der Waals surface area contributed by atoms with Gasteiger partial charge in [-0.2, -0.15) is 0 Å². The molecule has 49 heavy (non-hydrogen) atoms. The molecule has 2 aliphatic rings. The van der Waals surface area contributed by atoms with Crippen LogP contribution in [-0.4, -0.2) is 44.9 Å². The van der Waals surface area contributed by atoms with Gasteiger partial charge in [0, 0.05) is 59.4 Å². The van der Waals surface area contributed by atoms with Gasteiger partial charge in [0.2, 0.25) is 0 Å². The lowest BCUT2D eigenvalue weighted by atomic mass is 9.93. The van der Waals surface area contributed by atoms with Crippen molar-refractivity contribution in [2.45, 2.75) is 182 Å². The average molecular weight is 679 g/mol. The number of fused-ring (bicyclic) bond motifs is 2. The summed E-state index contributed by atoms with van der Waals surface area (Å²) in [6.07, 6.45) is 12.3. The Bertz CT molecular complexity index is 1370. The molecule has 2 N–H and O–H groups in total. The van der Waals surface area contributed by atoms with Crippen molar-refractivity contribution >= 4 is 21.8 Å². The molecule has 2 aromatic carbocycles. The van der Waals surface area contributed by atoms with Crippen LogP contribution in [0, 0.1) is 41.5 Å². The predicted octanol–water partition coefficient (Wildman–Crippen LogP) is 13.8. The maximum absolute atomic E-state index is 3.43. The Morgan fingerprint density at radius 1 is 0.531 bits per heavy atom. The molecular formula is C45H81N4-. The first-order chi connectivity index (χ1) is 23.2. The molecule has 0 radical (unpaired) electrons. The molecule has 2 saturated heterocycles. The smallest absolute Gasteiger partial charge is 0.0489 e. The predicted molar refractivity (Wildman–Crippen MR) is 226 cm³/mol. The fourth-order valence-corrected chi connectivity index (χ4v) is 7.26. The molecule has 2 aromatic heterocycles. The topological polar surface area (TPSA) is 38.1 Å². The van der Waals surface area contributed by atoms with Crippen molar-refractivity contribution in [1.82, 2.24) is 19.8 Å². The second-order valence-electron chi connectivity index (χ2n) is 12.9. The molecule has 0 aliphatic carbocycles. The summed E-state index contributed by atoms with van der Waals surface area (Å²) in [5.41, 5.74) is 14.4. The molecule has 2 aliphatic heterocycles. The lowest BCUT2D eigenvalue weighted by Crippen LogP contribution is -2.37. The van der Waals surface area contributed by atoms with E-state index in [1.807, 2.05) is 55.4 Å². The van der Waals surface area contributed by atoms with Gasteiger partial charge in [-0.15, -0.1) is 0 Å². The number of likely N-dealkylation sites (tertiary alicyclic amines) is 2. The second-order valence-corrected chi connectivity index (χ2v) is 12.9. The summed E-state index contributed by atoms with van der Waals surface area (Å²) in [6, 6.07) is 5.94. The van der Waals surface area contributed by atoms with Crippen molar-refractivity contribution in [3.63, 3.8) is 0 Å². The van der Waals surface area contributed by atoms with Gasteiger partial charge >= 0.3 is 0 Å². The van der Waals surface area contributed by atoms with Crippen LogP contribution in [0.15, 0.2) is 24.5 Å². The Labute approximate surface area is 306 Å². The van der Waals surface area contributed by atoms with E-state index < -0.39 is 0 Å². The molecular weight excluding hydrogens is 597 g/mol. The fraction of sp³-hybridized carbons (Fsp3) is 0.644. The van der Waals surface area contributed by atoms with Crippen molar-refractivity contribution in [2.75, 3.05) is 13.1 Å². The van der Waals surface area contributed by atoms with Crippen LogP contribution in [0.25, 0.3) is 21.8 Å². The summed E-state index contributed by atoms with van der Waals surface area (Å²) >= 11 is 0. The van der Waals surface area contributed by atoms with Gasteiger partial charge in [-0.3, -0.25) is 9.80 Å². The molecule has 2 fully saturated rings. The minimum Gasteiger partial charge on any atom is -1.00 e. The minimum absolute atomic E-state index is 0. The molecule has 4 heterocycles. The Hall–Kier alpha value is -2.56. The van der Waals surface area contributed by atoms with Gasteiger partial charge in [0.25, 0.3) is 0 Å². The summed E-state index contributed by atoms with van der Waals surface area (Å²) in [6.45, 7) is 39.0. The van der Waals surface area contributed by atoms with E-state index in [-0.39, 0.29) is 8.85 Å². The summed E-state index contributed by atoms with van der Waals surface area (Å²) in [4.78, 5) is 12.2. The highest BCUT2D eigenvalue weighted by Crippen LogP contribution is 2.32. The maximum atomic E-state index is 3.43. The van der Waals surface area contributed by atoms with E-state index in [0.717, 1.165) is 25.2 Å². The van der Waals surface area contributed by atoms with Gasteiger partial charge in [0.15, 0.2) is 0 Å². The SMILES string of the molecule is C.CC.CC.CC.CC.Cc1c(C)c(C)c2[nH]ccc2c1CN1CCCCC1C.Cc1c(C)c(C)c2[nH]ccc2c1CN1CCCCC1C.[2H-]. The number of piperidine rings is 2. The largest absolute Gasteiger partial charge is 1.00 e. The molecule has 0 bridgehead atoms. The first-order valence-electron chi connectivity index (χ1n) is 19.8. The highest BCUT2D eigenvalue weighted by atomic mass is 15.2. The minimum atomic E-state index is 0. The molecule has 4 aromatic rings. The maximum Gasteiger partial charge on any atom is 0.0489 e. The van der Waals surface area contributed by atoms with Gasteiger partial charge in [0.05, 0.1) is 0 Å². The molecule has 4 nitrogen and oxygen atoms in total. The van der Waals surface area contributed by atoms with Crippen LogP contribution in [0.3, 0.4) is 0 Å². The Morgan fingerprint density at radius 2 is 0.857 bits per heavy atom. The van der Waals surface area contributed by atoms with Crippen LogP contribution in [0.5, 0.6) is 0 Å². The highest BCUT2D eigenvalue weighted by molar-refractivity contribution is 5.89. The van der Waals surface area contributed by atoms with E-state index >= 15 is 0 Å². The summed E-state index contributed by atoms with van der Waals surface area (Å²) in [5.74, 6) is 0. The summed E-state index contributed by atoms with van der Waals surface area (Å²) in [7, 11) is 0. The first-order valence-corrected chi connectivity index (χ1v) is 19.8. The highest BCUT2D eigenvalue weighted by Gasteiger charge is 2.23. The van der Waals surface area contributed by atoms with Gasteiger partial charge in [-0.1, -0.05) is 75.7 Å². The number of aryl methyl sites for hydroxylation is 2. The van der Waals surface area contributed by atoms with E-state index in [0.29, 0.717) is 0 Å². The number of aromatic nitrogens is 2. The number of H-pyrrole nitrogens is 2. The first kappa shape index (κ1) is 46.4. The zero-order valence-electron chi connectivity index (χ0n) is 35.4. The lowest BCUT2D eigenvalue weighted by molar-refractivity contribution is 0.153. The lowest BCUT2D eigenvalue weighted by Gasteiger charge is -2.34. The Kier molecular flexibility index (Phi) is 22.5. The second kappa shape index (κ2) is 23.8. The van der Waals surface area contributed by atoms with Crippen LogP contribution in [-0.2, 0) is 13.1 Å². The van der Waals surface area contributed by atoms with E-state index in [9.17, 15) is 0 Å². The standard InChI is InChI=1S/2C18H26N2.4C2H6.CH4.H/c2*1-12-7-5-6-10-20(12)11-17-14(3)13(2)15(4)18-16(17)8-9-19-18;4*1-2;;/h2*8-9,12,19H,5-7,10-11H2,1-4H3;4*1-2H3;1H4;/q;;;;;;;-1/i;;;;;;;1+1. The number of rotatable bonds is 4. The summed E-state index contributed by atoms with van der Waals surface area (Å²) < 4.78 is 0.